The summed E-state index contributed by atoms with van der Waals surface area (Å²) in [5.74, 6) is 0.0699. The maximum Gasteiger partial charge on any atom is 0.224 e. The first-order valence-electron chi connectivity index (χ1n) is 8.25. The van der Waals surface area contributed by atoms with Gasteiger partial charge in [0.05, 0.1) is 23.1 Å². The quantitative estimate of drug-likeness (QED) is 0.644. The Morgan fingerprint density at radius 1 is 1.24 bits per heavy atom. The van der Waals surface area contributed by atoms with Crippen LogP contribution in [0.2, 0.25) is 0 Å². The highest BCUT2D eigenvalue weighted by Crippen LogP contribution is 2.35. The number of hydrogen-bond donors (Lipinski definition) is 3. The van der Waals surface area contributed by atoms with Crippen LogP contribution in [0.3, 0.4) is 0 Å². The van der Waals surface area contributed by atoms with E-state index in [4.69, 9.17) is 0 Å². The van der Waals surface area contributed by atoms with Crippen LogP contribution in [0.4, 0.5) is 5.69 Å². The highest BCUT2D eigenvalue weighted by Gasteiger charge is 2.13. The molecule has 0 saturated heterocycles. The van der Waals surface area contributed by atoms with Crippen LogP contribution in [0.25, 0.3) is 22.2 Å². The van der Waals surface area contributed by atoms with E-state index >= 15 is 0 Å². The number of pyridine rings is 1. The van der Waals surface area contributed by atoms with Crippen molar-refractivity contribution in [3.05, 3.63) is 42.6 Å². The molecule has 3 N–H and O–H groups in total. The number of anilines is 1. The van der Waals surface area contributed by atoms with Crippen molar-refractivity contribution in [2.75, 3.05) is 26.0 Å². The van der Waals surface area contributed by atoms with Crippen LogP contribution in [0.15, 0.2) is 42.6 Å². The Hall–Kier alpha value is -2.86. The standard InChI is InChI=1S/C19H22N4O2/c1-23(2)11-5-8-17(24)21-13-9-10-16(20-12-13)18-14-6-3-4-7-15(14)22-19(18)25/h3-4,6-7,9-10,12,22,25H,5,8,11H2,1-2H3,(H,21,24). The van der Waals surface area contributed by atoms with E-state index in [0.717, 1.165) is 23.9 Å². The van der Waals surface area contributed by atoms with Crippen molar-refractivity contribution in [2.24, 2.45) is 0 Å². The molecular weight excluding hydrogens is 316 g/mol. The van der Waals surface area contributed by atoms with Crippen LogP contribution in [-0.2, 0) is 4.79 Å². The zero-order valence-corrected chi connectivity index (χ0v) is 14.4. The number of nitrogens with one attached hydrogen (secondary N) is 2. The zero-order valence-electron chi connectivity index (χ0n) is 14.4. The number of amides is 1. The molecule has 6 heteroatoms. The number of fused-ring (bicyclic) bond motifs is 1. The molecule has 6 nitrogen and oxygen atoms in total. The minimum Gasteiger partial charge on any atom is -0.494 e. The van der Waals surface area contributed by atoms with Gasteiger partial charge in [-0.2, -0.15) is 0 Å². The summed E-state index contributed by atoms with van der Waals surface area (Å²) in [6.45, 7) is 0.879. The Kier molecular flexibility index (Phi) is 5.00. The summed E-state index contributed by atoms with van der Waals surface area (Å²) >= 11 is 0. The number of benzene rings is 1. The number of carbonyl (C=O) groups is 1. The molecule has 0 atom stereocenters. The minimum atomic E-state index is -0.0219. The van der Waals surface area contributed by atoms with Crippen LogP contribution in [0, 0.1) is 0 Å². The Morgan fingerprint density at radius 2 is 2.04 bits per heavy atom. The average Bonchev–Trinajstić information content (AvgIpc) is 2.91. The first-order valence-corrected chi connectivity index (χ1v) is 8.25. The summed E-state index contributed by atoms with van der Waals surface area (Å²) in [6.07, 6.45) is 2.90. The third kappa shape index (κ3) is 3.97. The summed E-state index contributed by atoms with van der Waals surface area (Å²) in [4.78, 5) is 21.3. The van der Waals surface area contributed by atoms with Gasteiger partial charge in [-0.3, -0.25) is 9.78 Å². The van der Waals surface area contributed by atoms with Crippen LogP contribution >= 0.6 is 0 Å². The number of H-pyrrole nitrogens is 1. The third-order valence-electron chi connectivity index (χ3n) is 4.00. The molecule has 0 saturated carbocycles. The molecule has 2 aromatic heterocycles. The predicted molar refractivity (Wildman–Crippen MR) is 99.6 cm³/mol. The molecule has 25 heavy (non-hydrogen) atoms. The fourth-order valence-corrected chi connectivity index (χ4v) is 2.78. The molecule has 0 aliphatic heterocycles. The molecule has 1 aromatic carbocycles. The van der Waals surface area contributed by atoms with Crippen molar-refractivity contribution < 1.29 is 9.90 Å². The first kappa shape index (κ1) is 17.0. The van der Waals surface area contributed by atoms with Gasteiger partial charge in [0, 0.05) is 17.3 Å². The Labute approximate surface area is 146 Å². The smallest absolute Gasteiger partial charge is 0.224 e. The van der Waals surface area contributed by atoms with Gasteiger partial charge in [-0.25, -0.2) is 0 Å². The number of carbonyl (C=O) groups excluding carboxylic acids is 1. The molecule has 2 heterocycles. The third-order valence-corrected chi connectivity index (χ3v) is 4.00. The molecule has 3 aromatic rings. The number of aromatic nitrogens is 2. The van der Waals surface area contributed by atoms with Crippen molar-refractivity contribution >= 4 is 22.5 Å². The van der Waals surface area contributed by atoms with Crippen molar-refractivity contribution in [2.45, 2.75) is 12.8 Å². The summed E-state index contributed by atoms with van der Waals surface area (Å²) in [7, 11) is 3.97. The average molecular weight is 338 g/mol. The summed E-state index contributed by atoms with van der Waals surface area (Å²) in [5.41, 5.74) is 2.83. The van der Waals surface area contributed by atoms with E-state index in [1.54, 1.807) is 18.3 Å². The summed E-state index contributed by atoms with van der Waals surface area (Å²) < 4.78 is 0. The topological polar surface area (TPSA) is 81.3 Å². The van der Waals surface area contributed by atoms with Gasteiger partial charge in [0.1, 0.15) is 0 Å². The van der Waals surface area contributed by atoms with Gasteiger partial charge in [0.15, 0.2) is 5.88 Å². The van der Waals surface area contributed by atoms with Crippen molar-refractivity contribution in [1.82, 2.24) is 14.9 Å². The second-order valence-corrected chi connectivity index (χ2v) is 6.28. The molecule has 130 valence electrons. The SMILES string of the molecule is CN(C)CCCC(=O)Nc1ccc(-c2c(O)[nH]c3ccccc23)nc1. The zero-order chi connectivity index (χ0) is 17.8. The Bertz CT molecular complexity index is 869. The number of hydrogen-bond acceptors (Lipinski definition) is 4. The summed E-state index contributed by atoms with van der Waals surface area (Å²) in [6, 6.07) is 11.3. The van der Waals surface area contributed by atoms with Gasteiger partial charge >= 0.3 is 0 Å². The van der Waals surface area contributed by atoms with Crippen molar-refractivity contribution in [3.8, 4) is 17.1 Å². The largest absolute Gasteiger partial charge is 0.494 e. The first-order chi connectivity index (χ1) is 12.0. The predicted octanol–water partition coefficient (Wildman–Crippen LogP) is 3.22. The fourth-order valence-electron chi connectivity index (χ4n) is 2.78. The number of aromatic hydroxyl groups is 1. The molecule has 0 fully saturated rings. The molecule has 0 aliphatic rings. The van der Waals surface area contributed by atoms with Crippen LogP contribution in [0.1, 0.15) is 12.8 Å². The Morgan fingerprint density at radius 3 is 2.76 bits per heavy atom. The number of para-hydroxylation sites is 1. The molecule has 0 unspecified atom stereocenters. The van der Waals surface area contributed by atoms with E-state index in [1.807, 2.05) is 38.4 Å². The summed E-state index contributed by atoms with van der Waals surface area (Å²) in [5, 5.41) is 13.9. The van der Waals surface area contributed by atoms with Gasteiger partial charge in [-0.05, 0) is 45.3 Å². The van der Waals surface area contributed by atoms with Crippen LogP contribution in [-0.4, -0.2) is 46.5 Å². The molecule has 1 amide bonds. The lowest BCUT2D eigenvalue weighted by Crippen LogP contribution is -2.17. The normalized spacial score (nSPS) is 11.2. The lowest BCUT2D eigenvalue weighted by atomic mass is 10.1. The molecule has 3 rings (SSSR count). The van der Waals surface area contributed by atoms with Crippen molar-refractivity contribution in [3.63, 3.8) is 0 Å². The van der Waals surface area contributed by atoms with E-state index in [9.17, 15) is 9.90 Å². The Balaban J connectivity index is 1.72. The fraction of sp³-hybridized carbons (Fsp3) is 0.263. The molecule has 0 aliphatic carbocycles. The van der Waals surface area contributed by atoms with E-state index in [1.165, 1.54) is 0 Å². The molecule has 0 radical (unpaired) electrons. The number of nitrogens with zero attached hydrogens (tertiary/aromatic N) is 2. The molecular formula is C19H22N4O2. The van der Waals surface area contributed by atoms with Gasteiger partial charge in [0.2, 0.25) is 5.91 Å². The molecule has 0 bridgehead atoms. The van der Waals surface area contributed by atoms with E-state index < -0.39 is 0 Å². The van der Waals surface area contributed by atoms with Crippen LogP contribution in [0.5, 0.6) is 5.88 Å². The van der Waals surface area contributed by atoms with E-state index in [2.05, 4.69) is 20.2 Å². The minimum absolute atomic E-state index is 0.0219. The second kappa shape index (κ2) is 7.36. The number of aromatic amines is 1. The van der Waals surface area contributed by atoms with Gasteiger partial charge in [-0.15, -0.1) is 0 Å². The van der Waals surface area contributed by atoms with E-state index in [0.29, 0.717) is 23.4 Å². The van der Waals surface area contributed by atoms with Gasteiger partial charge in [0.25, 0.3) is 0 Å². The van der Waals surface area contributed by atoms with Crippen molar-refractivity contribution in [1.29, 1.82) is 0 Å². The number of rotatable bonds is 6. The van der Waals surface area contributed by atoms with Gasteiger partial charge in [-0.1, -0.05) is 18.2 Å². The monoisotopic (exact) mass is 338 g/mol. The lowest BCUT2D eigenvalue weighted by Gasteiger charge is -2.09. The maximum absolute atomic E-state index is 11.9. The maximum atomic E-state index is 11.9. The highest BCUT2D eigenvalue weighted by molar-refractivity contribution is 5.98. The van der Waals surface area contributed by atoms with Crippen LogP contribution < -0.4 is 5.32 Å². The second-order valence-electron chi connectivity index (χ2n) is 6.28. The van der Waals surface area contributed by atoms with Gasteiger partial charge < -0.3 is 20.3 Å². The molecule has 0 spiro atoms. The highest BCUT2D eigenvalue weighted by atomic mass is 16.3. The van der Waals surface area contributed by atoms with E-state index in [-0.39, 0.29) is 11.8 Å². The lowest BCUT2D eigenvalue weighted by molar-refractivity contribution is -0.116.